The first kappa shape index (κ1) is 20.3. The van der Waals surface area contributed by atoms with Gasteiger partial charge in [-0.3, -0.25) is 0 Å². The first-order chi connectivity index (χ1) is 16.0. The third-order valence-electron chi connectivity index (χ3n) is 7.09. The molecule has 6 rings (SSSR count). The maximum atomic E-state index is 12.0. The minimum atomic E-state index is -0.941. The van der Waals surface area contributed by atoms with Crippen LogP contribution in [0.3, 0.4) is 0 Å². The van der Waals surface area contributed by atoms with Crippen molar-refractivity contribution in [2.24, 2.45) is 5.92 Å². The van der Waals surface area contributed by atoms with Gasteiger partial charge in [0.1, 0.15) is 18.0 Å². The van der Waals surface area contributed by atoms with E-state index < -0.39 is 12.2 Å². The van der Waals surface area contributed by atoms with Crippen molar-refractivity contribution in [3.8, 4) is 0 Å². The Labute approximate surface area is 191 Å². The van der Waals surface area contributed by atoms with Crippen LogP contribution in [0.15, 0.2) is 47.0 Å². The average Bonchev–Trinajstić information content (AvgIpc) is 3.51. The van der Waals surface area contributed by atoms with E-state index in [1.165, 1.54) is 39.5 Å². The standard InChI is InChI=1S/C26H27N3O4/c1-15-25(16(2)33-27-15)24-14-28(26(30)31)13-23(32-24)18-9-10-20-19-5-3-4-6-21(19)29(22(20)11-18)12-17-7-8-17/h3-6,9-11,17,23-24H,7-8,12-14H2,1-2H3,(H,30,31). The Morgan fingerprint density at radius 1 is 1.06 bits per heavy atom. The zero-order valence-corrected chi connectivity index (χ0v) is 18.8. The molecule has 1 saturated heterocycles. The number of aromatic nitrogens is 2. The Balaban J connectivity index is 1.43. The van der Waals surface area contributed by atoms with Crippen LogP contribution in [0.2, 0.25) is 0 Å². The lowest BCUT2D eigenvalue weighted by atomic mass is 10.0. The molecule has 1 aliphatic carbocycles. The van der Waals surface area contributed by atoms with Crippen LogP contribution in [0, 0.1) is 19.8 Å². The SMILES string of the molecule is Cc1noc(C)c1C1CN(C(=O)O)CC(c2ccc3c4ccccc4n(CC4CC4)c3c2)O1. The smallest absolute Gasteiger partial charge is 0.407 e. The third kappa shape index (κ3) is 3.47. The molecule has 2 unspecified atom stereocenters. The Morgan fingerprint density at radius 2 is 1.82 bits per heavy atom. The van der Waals surface area contributed by atoms with Crippen molar-refractivity contribution < 1.29 is 19.2 Å². The predicted octanol–water partition coefficient (Wildman–Crippen LogP) is 5.60. The molecule has 1 amide bonds. The van der Waals surface area contributed by atoms with Crippen LogP contribution < -0.4 is 0 Å². The van der Waals surface area contributed by atoms with Crippen LogP contribution in [0.25, 0.3) is 21.8 Å². The summed E-state index contributed by atoms with van der Waals surface area (Å²) in [4.78, 5) is 13.4. The van der Waals surface area contributed by atoms with Crippen molar-refractivity contribution in [1.29, 1.82) is 0 Å². The number of para-hydroxylation sites is 1. The lowest BCUT2D eigenvalue weighted by molar-refractivity contribution is -0.0823. The fourth-order valence-electron chi connectivity index (χ4n) is 5.23. The van der Waals surface area contributed by atoms with Crippen molar-refractivity contribution in [3.05, 3.63) is 65.0 Å². The summed E-state index contributed by atoms with van der Waals surface area (Å²) in [5.41, 5.74) is 5.01. The molecule has 7 heteroatoms. The molecule has 0 bridgehead atoms. The van der Waals surface area contributed by atoms with Gasteiger partial charge >= 0.3 is 6.09 Å². The number of hydrogen-bond donors (Lipinski definition) is 1. The summed E-state index contributed by atoms with van der Waals surface area (Å²) < 4.78 is 14.3. The number of hydrogen-bond acceptors (Lipinski definition) is 4. The second-order valence-corrected chi connectivity index (χ2v) is 9.39. The summed E-state index contributed by atoms with van der Waals surface area (Å²) in [5, 5.41) is 16.3. The largest absolute Gasteiger partial charge is 0.465 e. The van der Waals surface area contributed by atoms with Gasteiger partial charge in [0.25, 0.3) is 0 Å². The normalized spacial score (nSPS) is 21.2. The van der Waals surface area contributed by atoms with Gasteiger partial charge in [0.05, 0.1) is 18.8 Å². The van der Waals surface area contributed by atoms with Gasteiger partial charge < -0.3 is 23.8 Å². The van der Waals surface area contributed by atoms with E-state index in [2.05, 4.69) is 52.2 Å². The first-order valence-electron chi connectivity index (χ1n) is 11.6. The minimum Gasteiger partial charge on any atom is -0.465 e. The molecule has 2 atom stereocenters. The molecule has 3 heterocycles. The second-order valence-electron chi connectivity index (χ2n) is 9.39. The summed E-state index contributed by atoms with van der Waals surface area (Å²) in [5.74, 6) is 1.41. The van der Waals surface area contributed by atoms with Crippen LogP contribution in [0.4, 0.5) is 4.79 Å². The molecule has 2 aromatic heterocycles. The summed E-state index contributed by atoms with van der Waals surface area (Å²) in [6, 6.07) is 15.0. The maximum absolute atomic E-state index is 12.0. The van der Waals surface area contributed by atoms with Crippen LogP contribution in [0.1, 0.15) is 47.6 Å². The van der Waals surface area contributed by atoms with E-state index in [-0.39, 0.29) is 12.6 Å². The Kier molecular flexibility index (Phi) is 4.69. The molecule has 33 heavy (non-hydrogen) atoms. The molecule has 1 aliphatic heterocycles. The highest BCUT2D eigenvalue weighted by molar-refractivity contribution is 6.08. The van der Waals surface area contributed by atoms with E-state index in [1.54, 1.807) is 0 Å². The molecule has 4 aromatic rings. The number of rotatable bonds is 4. The molecule has 0 radical (unpaired) electrons. The van der Waals surface area contributed by atoms with E-state index >= 15 is 0 Å². The zero-order chi connectivity index (χ0) is 22.7. The number of carbonyl (C=O) groups is 1. The van der Waals surface area contributed by atoms with E-state index in [0.29, 0.717) is 12.3 Å². The quantitative estimate of drug-likeness (QED) is 0.442. The van der Waals surface area contributed by atoms with Gasteiger partial charge in [0.15, 0.2) is 0 Å². The molecule has 170 valence electrons. The number of nitrogens with zero attached hydrogens (tertiary/aromatic N) is 3. The van der Waals surface area contributed by atoms with Gasteiger partial charge in [-0.25, -0.2) is 4.79 Å². The van der Waals surface area contributed by atoms with Crippen molar-refractivity contribution >= 4 is 27.9 Å². The Bertz CT molecular complexity index is 1350. The lowest BCUT2D eigenvalue weighted by Crippen LogP contribution is -2.43. The van der Waals surface area contributed by atoms with Crippen LogP contribution in [-0.4, -0.2) is 38.9 Å². The molecular weight excluding hydrogens is 418 g/mol. The van der Waals surface area contributed by atoms with Crippen molar-refractivity contribution in [2.75, 3.05) is 13.1 Å². The minimum absolute atomic E-state index is 0.263. The molecular formula is C26H27N3O4. The molecule has 7 nitrogen and oxygen atoms in total. The van der Waals surface area contributed by atoms with E-state index in [4.69, 9.17) is 9.26 Å². The predicted molar refractivity (Wildman–Crippen MR) is 124 cm³/mol. The number of ether oxygens (including phenoxy) is 1. The summed E-state index contributed by atoms with van der Waals surface area (Å²) in [6.07, 6.45) is 0.839. The highest BCUT2D eigenvalue weighted by Crippen LogP contribution is 2.39. The van der Waals surface area contributed by atoms with Gasteiger partial charge in [0.2, 0.25) is 0 Å². The number of carboxylic acid groups (broad SMARTS) is 1. The van der Waals surface area contributed by atoms with Crippen LogP contribution in [-0.2, 0) is 11.3 Å². The van der Waals surface area contributed by atoms with E-state index in [1.807, 2.05) is 13.8 Å². The summed E-state index contributed by atoms with van der Waals surface area (Å²) in [7, 11) is 0. The molecule has 1 saturated carbocycles. The van der Waals surface area contributed by atoms with Crippen molar-refractivity contribution in [2.45, 2.75) is 45.4 Å². The molecule has 2 fully saturated rings. The van der Waals surface area contributed by atoms with Crippen molar-refractivity contribution in [3.63, 3.8) is 0 Å². The molecule has 2 aliphatic rings. The Hall–Kier alpha value is -3.32. The van der Waals surface area contributed by atoms with E-state index in [9.17, 15) is 9.90 Å². The zero-order valence-electron chi connectivity index (χ0n) is 18.8. The molecule has 2 aromatic carbocycles. The number of amides is 1. The fourth-order valence-corrected chi connectivity index (χ4v) is 5.23. The number of benzene rings is 2. The monoisotopic (exact) mass is 445 g/mol. The highest BCUT2D eigenvalue weighted by atomic mass is 16.5. The number of aryl methyl sites for hydroxylation is 2. The lowest BCUT2D eigenvalue weighted by Gasteiger charge is -2.37. The van der Waals surface area contributed by atoms with Crippen LogP contribution >= 0.6 is 0 Å². The highest BCUT2D eigenvalue weighted by Gasteiger charge is 2.35. The Morgan fingerprint density at radius 3 is 2.55 bits per heavy atom. The summed E-state index contributed by atoms with van der Waals surface area (Å²) >= 11 is 0. The van der Waals surface area contributed by atoms with Gasteiger partial charge in [-0.2, -0.15) is 0 Å². The average molecular weight is 446 g/mol. The number of fused-ring (bicyclic) bond motifs is 3. The first-order valence-corrected chi connectivity index (χ1v) is 11.6. The molecule has 1 N–H and O–H groups in total. The summed E-state index contributed by atoms with van der Waals surface area (Å²) in [6.45, 7) is 5.28. The fraction of sp³-hybridized carbons (Fsp3) is 0.385. The van der Waals surface area contributed by atoms with Gasteiger partial charge in [-0.15, -0.1) is 0 Å². The topological polar surface area (TPSA) is 80.7 Å². The van der Waals surface area contributed by atoms with Gasteiger partial charge in [0, 0.05) is 33.9 Å². The third-order valence-corrected chi connectivity index (χ3v) is 7.09. The van der Waals surface area contributed by atoms with Crippen molar-refractivity contribution in [1.82, 2.24) is 14.6 Å². The van der Waals surface area contributed by atoms with Crippen LogP contribution in [0.5, 0.6) is 0 Å². The maximum Gasteiger partial charge on any atom is 0.407 e. The van der Waals surface area contributed by atoms with Gasteiger partial charge in [-0.05, 0) is 50.3 Å². The number of morpholine rings is 1. The van der Waals surface area contributed by atoms with Gasteiger partial charge in [-0.1, -0.05) is 35.5 Å². The second kappa shape index (κ2) is 7.63. The molecule has 0 spiro atoms. The van der Waals surface area contributed by atoms with E-state index in [0.717, 1.165) is 29.3 Å².